The molecule has 0 radical (unpaired) electrons. The molecule has 6 heteroatoms. The minimum atomic E-state index is -4.79. The van der Waals surface area contributed by atoms with E-state index in [0.29, 0.717) is 0 Å². The van der Waals surface area contributed by atoms with Gasteiger partial charge in [0.2, 0.25) is 0 Å². The minimum Gasteiger partial charge on any atom is -0.449 e. The molecule has 0 aromatic rings. The van der Waals surface area contributed by atoms with Gasteiger partial charge in [0.25, 0.3) is 0 Å². The van der Waals surface area contributed by atoms with Gasteiger partial charge < -0.3 is 12.9 Å². The SMILES string of the molecule is CC(CC#N)[B-](F)(F)F.[K+]. The van der Waals surface area contributed by atoms with Crippen LogP contribution < -0.4 is 51.4 Å². The summed E-state index contributed by atoms with van der Waals surface area (Å²) < 4.78 is 34.6. The van der Waals surface area contributed by atoms with Crippen LogP contribution in [0.1, 0.15) is 13.3 Å². The predicted molar refractivity (Wildman–Crippen MR) is 28.7 cm³/mol. The van der Waals surface area contributed by atoms with E-state index in [4.69, 9.17) is 5.26 Å². The largest absolute Gasteiger partial charge is 1.00 e. The van der Waals surface area contributed by atoms with E-state index in [9.17, 15) is 12.9 Å². The Bertz CT molecular complexity index is 129. The molecule has 52 valence electrons. The van der Waals surface area contributed by atoms with Crippen LogP contribution in [0, 0.1) is 11.3 Å². The Labute approximate surface area is 100 Å². The van der Waals surface area contributed by atoms with Crippen LogP contribution in [0.2, 0.25) is 5.82 Å². The van der Waals surface area contributed by atoms with Crippen molar-refractivity contribution < 1.29 is 64.3 Å². The number of nitriles is 1. The molecule has 0 aliphatic carbocycles. The molecule has 10 heavy (non-hydrogen) atoms. The van der Waals surface area contributed by atoms with E-state index in [1.54, 1.807) is 0 Å². The summed E-state index contributed by atoms with van der Waals surface area (Å²) in [5.41, 5.74) is 0. The molecule has 0 N–H and O–H groups in total. The topological polar surface area (TPSA) is 23.8 Å². The predicted octanol–water partition coefficient (Wildman–Crippen LogP) is -0.858. The summed E-state index contributed by atoms with van der Waals surface area (Å²) in [4.78, 5) is 0. The van der Waals surface area contributed by atoms with Crippen molar-refractivity contribution in [3.63, 3.8) is 0 Å². The number of hydrogen-bond acceptors (Lipinski definition) is 1. The van der Waals surface area contributed by atoms with Crippen LogP contribution in [0.4, 0.5) is 12.9 Å². The van der Waals surface area contributed by atoms with Crippen molar-refractivity contribution in [2.24, 2.45) is 0 Å². The zero-order valence-corrected chi connectivity index (χ0v) is 9.07. The van der Waals surface area contributed by atoms with Gasteiger partial charge in [-0.1, -0.05) is 12.7 Å². The van der Waals surface area contributed by atoms with E-state index < -0.39 is 19.2 Å². The van der Waals surface area contributed by atoms with Crippen molar-refractivity contribution in [3.8, 4) is 6.07 Å². The molecule has 0 aliphatic rings. The van der Waals surface area contributed by atoms with Crippen molar-refractivity contribution in [3.05, 3.63) is 0 Å². The molecule has 0 aromatic carbocycles. The molecule has 0 fully saturated rings. The summed E-state index contributed by atoms with van der Waals surface area (Å²) in [6, 6.07) is 1.47. The monoisotopic (exact) mass is 175 g/mol. The van der Waals surface area contributed by atoms with E-state index in [1.165, 1.54) is 6.07 Å². The van der Waals surface area contributed by atoms with E-state index in [1.807, 2.05) is 0 Å². The molecule has 0 bridgehead atoms. The number of nitrogens with zero attached hydrogens (tertiary/aromatic N) is 1. The molecule has 1 nitrogen and oxygen atoms in total. The van der Waals surface area contributed by atoms with Crippen molar-refractivity contribution in [1.82, 2.24) is 0 Å². The minimum absolute atomic E-state index is 0. The molecule has 0 saturated heterocycles. The second-order valence-corrected chi connectivity index (χ2v) is 1.96. The standard InChI is InChI=1S/C4H6BF3N.K/c1-4(2-3-9)5(6,7)8;/h4H,2H2,1H3;/q-1;+1. The summed E-state index contributed by atoms with van der Waals surface area (Å²) in [6.45, 7) is -3.78. The Morgan fingerprint density at radius 2 is 1.90 bits per heavy atom. The molecular formula is C4H6BF3KN. The summed E-state index contributed by atoms with van der Waals surface area (Å²) in [5.74, 6) is -1.44. The Morgan fingerprint density at radius 3 is 2.00 bits per heavy atom. The van der Waals surface area contributed by atoms with Gasteiger partial charge in [0.15, 0.2) is 0 Å². The maximum Gasteiger partial charge on any atom is 1.00 e. The first kappa shape index (κ1) is 13.6. The third-order valence-corrected chi connectivity index (χ3v) is 1.06. The molecule has 1 unspecified atom stereocenters. The molecule has 0 aliphatic heterocycles. The first-order valence-corrected chi connectivity index (χ1v) is 2.55. The van der Waals surface area contributed by atoms with Gasteiger partial charge in [0, 0.05) is 6.42 Å². The van der Waals surface area contributed by atoms with Crippen molar-refractivity contribution in [2.75, 3.05) is 0 Å². The molecule has 1 atom stereocenters. The van der Waals surface area contributed by atoms with E-state index >= 15 is 0 Å². The maximum atomic E-state index is 11.5. The smallest absolute Gasteiger partial charge is 0.449 e. The Hall–Kier alpha value is 0.981. The van der Waals surface area contributed by atoms with E-state index in [0.717, 1.165) is 6.92 Å². The second kappa shape index (κ2) is 5.61. The third-order valence-electron chi connectivity index (χ3n) is 1.06. The van der Waals surface area contributed by atoms with Gasteiger partial charge in [0.1, 0.15) is 0 Å². The first-order valence-electron chi connectivity index (χ1n) is 2.55. The van der Waals surface area contributed by atoms with Crippen LogP contribution >= 0.6 is 0 Å². The van der Waals surface area contributed by atoms with Gasteiger partial charge >= 0.3 is 58.4 Å². The number of hydrogen-bond donors (Lipinski definition) is 0. The van der Waals surface area contributed by atoms with Crippen molar-refractivity contribution >= 4 is 6.98 Å². The average molecular weight is 175 g/mol. The first-order chi connectivity index (χ1) is 3.98. The van der Waals surface area contributed by atoms with Gasteiger partial charge in [-0.2, -0.15) is 5.26 Å². The van der Waals surface area contributed by atoms with E-state index in [2.05, 4.69) is 0 Å². The van der Waals surface area contributed by atoms with Crippen LogP contribution in [0.25, 0.3) is 0 Å². The van der Waals surface area contributed by atoms with Gasteiger partial charge in [-0.3, -0.25) is 0 Å². The summed E-state index contributed by atoms with van der Waals surface area (Å²) in [7, 11) is 0. The molecule has 0 heterocycles. The van der Waals surface area contributed by atoms with Crippen molar-refractivity contribution in [1.29, 1.82) is 5.26 Å². The molecular weight excluding hydrogens is 169 g/mol. The molecule has 0 aromatic heterocycles. The maximum absolute atomic E-state index is 11.5. The Kier molecular flexibility index (Phi) is 7.61. The number of halogens is 3. The fraction of sp³-hybridized carbons (Fsp3) is 0.750. The summed E-state index contributed by atoms with van der Waals surface area (Å²) in [5, 5.41) is 7.86. The van der Waals surface area contributed by atoms with Crippen LogP contribution in [-0.4, -0.2) is 6.98 Å². The zero-order chi connectivity index (χ0) is 7.49. The van der Waals surface area contributed by atoms with Crippen LogP contribution in [0.5, 0.6) is 0 Å². The second-order valence-electron chi connectivity index (χ2n) is 1.96. The van der Waals surface area contributed by atoms with Crippen LogP contribution in [0.3, 0.4) is 0 Å². The van der Waals surface area contributed by atoms with Gasteiger partial charge in [-0.05, 0) is 0 Å². The van der Waals surface area contributed by atoms with E-state index in [-0.39, 0.29) is 51.4 Å². The third kappa shape index (κ3) is 5.74. The van der Waals surface area contributed by atoms with Crippen molar-refractivity contribution in [2.45, 2.75) is 19.2 Å². The number of rotatable bonds is 2. The summed E-state index contributed by atoms with van der Waals surface area (Å²) >= 11 is 0. The fourth-order valence-electron chi connectivity index (χ4n) is 0.278. The summed E-state index contributed by atoms with van der Waals surface area (Å²) in [6.07, 6.45) is -0.427. The van der Waals surface area contributed by atoms with Gasteiger partial charge in [0.05, 0.1) is 6.07 Å². The zero-order valence-electron chi connectivity index (χ0n) is 5.94. The fourth-order valence-corrected chi connectivity index (χ4v) is 0.278. The van der Waals surface area contributed by atoms with Crippen LogP contribution in [-0.2, 0) is 0 Å². The average Bonchev–Trinajstić information content (AvgIpc) is 1.64. The quantitative estimate of drug-likeness (QED) is 0.501. The van der Waals surface area contributed by atoms with Gasteiger partial charge in [-0.15, -0.1) is 0 Å². The normalized spacial score (nSPS) is 13.1. The van der Waals surface area contributed by atoms with Gasteiger partial charge in [-0.25, -0.2) is 0 Å². The molecule has 0 amide bonds. The Morgan fingerprint density at radius 1 is 1.50 bits per heavy atom. The van der Waals surface area contributed by atoms with Crippen LogP contribution in [0.15, 0.2) is 0 Å². The molecule has 0 rings (SSSR count). The Balaban J connectivity index is 0. The molecule has 0 spiro atoms. The molecule has 0 saturated carbocycles.